The highest BCUT2D eigenvalue weighted by molar-refractivity contribution is 5.46. The molecule has 1 aromatic carbocycles. The van der Waals surface area contributed by atoms with Crippen LogP contribution < -0.4 is 14.4 Å². The lowest BCUT2D eigenvalue weighted by atomic mass is 10.2. The molecule has 0 saturated heterocycles. The van der Waals surface area contributed by atoms with E-state index in [4.69, 9.17) is 9.47 Å². The molecule has 2 aliphatic heterocycles. The van der Waals surface area contributed by atoms with Gasteiger partial charge in [-0.15, -0.1) is 0 Å². The van der Waals surface area contributed by atoms with E-state index in [-0.39, 0.29) is 0 Å². The van der Waals surface area contributed by atoms with Crippen molar-refractivity contribution in [3.63, 3.8) is 0 Å². The van der Waals surface area contributed by atoms with E-state index in [0.717, 1.165) is 30.5 Å². The molecule has 3 heterocycles. The van der Waals surface area contributed by atoms with Gasteiger partial charge in [0.2, 0.25) is 6.79 Å². The van der Waals surface area contributed by atoms with Gasteiger partial charge in [0.15, 0.2) is 17.3 Å². The van der Waals surface area contributed by atoms with E-state index in [2.05, 4.69) is 50.6 Å². The molecule has 1 saturated carbocycles. The van der Waals surface area contributed by atoms with Gasteiger partial charge < -0.3 is 19.3 Å². The number of hydrogen-bond acceptors (Lipinski definition) is 5. The fourth-order valence-corrected chi connectivity index (χ4v) is 3.07. The molecule has 23 heavy (non-hydrogen) atoms. The van der Waals surface area contributed by atoms with Crippen LogP contribution in [0, 0.1) is 0 Å². The normalized spacial score (nSPS) is 19.0. The number of H-pyrrole nitrogens is 1. The molecule has 118 valence electrons. The largest absolute Gasteiger partial charge is 0.454 e. The molecule has 1 aromatic heterocycles. The quantitative estimate of drug-likeness (QED) is 0.941. The maximum Gasteiger partial charge on any atom is 0.231 e. The van der Waals surface area contributed by atoms with Gasteiger partial charge in [0.1, 0.15) is 0 Å². The fourth-order valence-electron chi connectivity index (χ4n) is 3.07. The maximum absolute atomic E-state index is 5.44. The lowest BCUT2D eigenvalue weighted by molar-refractivity contribution is 0.174. The summed E-state index contributed by atoms with van der Waals surface area (Å²) in [6, 6.07) is 8.29. The van der Waals surface area contributed by atoms with Crippen molar-refractivity contribution in [2.75, 3.05) is 18.4 Å². The highest BCUT2D eigenvalue weighted by Gasteiger charge is 2.27. The molecular weight excluding hydrogens is 292 g/mol. The van der Waals surface area contributed by atoms with E-state index >= 15 is 0 Å². The second-order valence-electron chi connectivity index (χ2n) is 6.30. The van der Waals surface area contributed by atoms with Crippen LogP contribution in [-0.4, -0.2) is 28.6 Å². The first-order valence-corrected chi connectivity index (χ1v) is 7.98. The van der Waals surface area contributed by atoms with Crippen LogP contribution in [0.4, 0.5) is 5.82 Å². The molecule has 5 rings (SSSR count). The minimum absolute atomic E-state index is 0.318. The van der Waals surface area contributed by atoms with Crippen LogP contribution in [-0.2, 0) is 6.54 Å². The van der Waals surface area contributed by atoms with Gasteiger partial charge in [-0.25, -0.2) is 0 Å². The Bertz CT molecular complexity index is 766. The van der Waals surface area contributed by atoms with Crippen molar-refractivity contribution in [3.8, 4) is 11.5 Å². The molecule has 0 unspecified atom stereocenters. The summed E-state index contributed by atoms with van der Waals surface area (Å²) in [7, 11) is 0. The van der Waals surface area contributed by atoms with Crippen LogP contribution in [0.25, 0.3) is 0 Å². The van der Waals surface area contributed by atoms with E-state index in [1.54, 1.807) is 0 Å². The summed E-state index contributed by atoms with van der Waals surface area (Å²) in [4.78, 5) is 4.42. The van der Waals surface area contributed by atoms with E-state index in [1.165, 1.54) is 24.1 Å². The number of benzene rings is 1. The Labute approximate surface area is 134 Å². The Morgan fingerprint density at radius 3 is 2.96 bits per heavy atom. The minimum atomic E-state index is 0.318. The Morgan fingerprint density at radius 1 is 1.13 bits per heavy atom. The summed E-state index contributed by atoms with van der Waals surface area (Å²) < 4.78 is 10.8. The average Bonchev–Trinajstić information content (AvgIpc) is 2.99. The smallest absolute Gasteiger partial charge is 0.231 e. The first-order chi connectivity index (χ1) is 11.3. The standard InChI is InChI=1S/C17H18N4O2/c1-4-15-16(23-11-22-15)7-12(1)9-20-5-6-21(10-20)17-8-14(18-19-17)13-2-3-13/h1,4-8,13H,2-3,9-11H2,(H,18,19). The summed E-state index contributed by atoms with van der Waals surface area (Å²) >= 11 is 0. The first-order valence-electron chi connectivity index (χ1n) is 7.98. The van der Waals surface area contributed by atoms with Crippen LogP contribution in [0.3, 0.4) is 0 Å². The van der Waals surface area contributed by atoms with Crippen molar-refractivity contribution in [2.24, 2.45) is 0 Å². The number of fused-ring (bicyclic) bond motifs is 1. The zero-order valence-electron chi connectivity index (χ0n) is 12.7. The predicted molar refractivity (Wildman–Crippen MR) is 85.2 cm³/mol. The second kappa shape index (κ2) is 4.94. The second-order valence-corrected chi connectivity index (χ2v) is 6.30. The molecule has 3 aliphatic rings. The summed E-state index contributed by atoms with van der Waals surface area (Å²) in [6.45, 7) is 1.96. The van der Waals surface area contributed by atoms with E-state index in [0.29, 0.717) is 12.7 Å². The van der Waals surface area contributed by atoms with Gasteiger partial charge in [-0.05, 0) is 30.5 Å². The molecular formula is C17H18N4O2. The molecule has 0 amide bonds. The van der Waals surface area contributed by atoms with Gasteiger partial charge in [-0.1, -0.05) is 6.07 Å². The van der Waals surface area contributed by atoms with Crippen molar-refractivity contribution < 1.29 is 9.47 Å². The Kier molecular flexibility index (Phi) is 2.76. The Hall–Kier alpha value is -2.63. The van der Waals surface area contributed by atoms with Crippen LogP contribution in [0.5, 0.6) is 11.5 Å². The third-order valence-electron chi connectivity index (χ3n) is 4.51. The molecule has 0 radical (unpaired) electrons. The van der Waals surface area contributed by atoms with Crippen LogP contribution in [0.15, 0.2) is 36.7 Å². The number of rotatable bonds is 4. The van der Waals surface area contributed by atoms with Gasteiger partial charge >= 0.3 is 0 Å². The van der Waals surface area contributed by atoms with Crippen molar-refractivity contribution >= 4 is 5.82 Å². The van der Waals surface area contributed by atoms with Gasteiger partial charge in [0.25, 0.3) is 0 Å². The molecule has 6 nitrogen and oxygen atoms in total. The number of nitrogens with one attached hydrogen (secondary N) is 1. The first kappa shape index (κ1) is 12.9. The highest BCUT2D eigenvalue weighted by Crippen LogP contribution is 2.40. The lowest BCUT2D eigenvalue weighted by Gasteiger charge is -2.19. The van der Waals surface area contributed by atoms with Crippen LogP contribution >= 0.6 is 0 Å². The van der Waals surface area contributed by atoms with Gasteiger partial charge in [-0.3, -0.25) is 5.10 Å². The molecule has 1 fully saturated rings. The Morgan fingerprint density at radius 2 is 2.04 bits per heavy atom. The number of anilines is 1. The molecule has 1 N–H and O–H groups in total. The number of aromatic nitrogens is 2. The van der Waals surface area contributed by atoms with Gasteiger partial charge in [0, 0.05) is 36.6 Å². The van der Waals surface area contributed by atoms with E-state index < -0.39 is 0 Å². The van der Waals surface area contributed by atoms with Crippen LogP contribution in [0.1, 0.15) is 30.0 Å². The highest BCUT2D eigenvalue weighted by atomic mass is 16.7. The van der Waals surface area contributed by atoms with Crippen molar-refractivity contribution in [3.05, 3.63) is 47.9 Å². The predicted octanol–water partition coefficient (Wildman–Crippen LogP) is 2.77. The zero-order valence-corrected chi connectivity index (χ0v) is 12.7. The van der Waals surface area contributed by atoms with Crippen molar-refractivity contribution in [1.29, 1.82) is 0 Å². The maximum atomic E-state index is 5.44. The van der Waals surface area contributed by atoms with Crippen LogP contribution in [0.2, 0.25) is 0 Å². The summed E-state index contributed by atoms with van der Waals surface area (Å²) in [5, 5.41) is 7.60. The molecule has 2 aromatic rings. The van der Waals surface area contributed by atoms with Crippen molar-refractivity contribution in [1.82, 2.24) is 15.1 Å². The third kappa shape index (κ3) is 2.40. The lowest BCUT2D eigenvalue weighted by Crippen LogP contribution is -2.24. The molecule has 1 aliphatic carbocycles. The fraction of sp³-hybridized carbons (Fsp3) is 0.353. The number of aromatic amines is 1. The number of hydrogen-bond donors (Lipinski definition) is 1. The minimum Gasteiger partial charge on any atom is -0.454 e. The van der Waals surface area contributed by atoms with Gasteiger partial charge in [0.05, 0.1) is 6.67 Å². The zero-order chi connectivity index (χ0) is 15.2. The third-order valence-corrected chi connectivity index (χ3v) is 4.51. The number of nitrogens with zero attached hydrogens (tertiary/aromatic N) is 3. The SMILES string of the molecule is C1=CN(c2cc(C3CC3)[nH]n2)CN1Cc1ccc2c(c1)OCO2. The number of ether oxygens (including phenoxy) is 2. The summed E-state index contributed by atoms with van der Waals surface area (Å²) in [6.07, 6.45) is 6.76. The molecule has 0 bridgehead atoms. The average molecular weight is 310 g/mol. The molecule has 0 spiro atoms. The Balaban J connectivity index is 1.26. The molecule has 6 heteroatoms. The van der Waals surface area contributed by atoms with E-state index in [1.807, 2.05) is 6.07 Å². The topological polar surface area (TPSA) is 53.6 Å². The van der Waals surface area contributed by atoms with Crippen molar-refractivity contribution in [2.45, 2.75) is 25.3 Å². The summed E-state index contributed by atoms with van der Waals surface area (Å²) in [5.41, 5.74) is 2.48. The summed E-state index contributed by atoms with van der Waals surface area (Å²) in [5.74, 6) is 3.37. The molecule has 0 atom stereocenters. The van der Waals surface area contributed by atoms with Gasteiger partial charge in [-0.2, -0.15) is 5.10 Å². The monoisotopic (exact) mass is 310 g/mol. The van der Waals surface area contributed by atoms with E-state index in [9.17, 15) is 0 Å².